The number of hydrogen-bond donors (Lipinski definition) is 1. The molecule has 0 fully saturated rings. The summed E-state index contributed by atoms with van der Waals surface area (Å²) in [4.78, 5) is 23.3. The van der Waals surface area contributed by atoms with E-state index in [1.807, 2.05) is 44.2 Å². The Morgan fingerprint density at radius 3 is 2.28 bits per heavy atom. The maximum atomic E-state index is 12.9. The van der Waals surface area contributed by atoms with Crippen molar-refractivity contribution < 1.29 is 9.18 Å². The molecule has 0 spiro atoms. The fourth-order valence-corrected chi connectivity index (χ4v) is 2.93. The van der Waals surface area contributed by atoms with Crippen molar-refractivity contribution in [3.63, 3.8) is 0 Å². The average Bonchev–Trinajstić information content (AvgIpc) is 2.74. The van der Waals surface area contributed by atoms with Crippen LogP contribution in [0.25, 0.3) is 0 Å². The molecule has 0 aliphatic carbocycles. The van der Waals surface area contributed by atoms with Gasteiger partial charge in [-0.3, -0.25) is 4.79 Å². The molecular formula is C23H25FN4O. The van der Waals surface area contributed by atoms with E-state index in [0.717, 1.165) is 17.5 Å². The SMILES string of the molecule is CC(C)N(Cc1ccccc1)C(=O)c1cnc(NCCc2ccc(F)cc2)nc1. The van der Waals surface area contributed by atoms with Crippen molar-refractivity contribution in [2.24, 2.45) is 0 Å². The van der Waals surface area contributed by atoms with Gasteiger partial charge in [-0.05, 0) is 43.5 Å². The van der Waals surface area contributed by atoms with E-state index in [9.17, 15) is 9.18 Å². The van der Waals surface area contributed by atoms with Gasteiger partial charge in [0, 0.05) is 31.5 Å². The quantitative estimate of drug-likeness (QED) is 0.620. The van der Waals surface area contributed by atoms with Gasteiger partial charge in [-0.25, -0.2) is 14.4 Å². The lowest BCUT2D eigenvalue weighted by Crippen LogP contribution is -2.36. The lowest BCUT2D eigenvalue weighted by atomic mass is 10.1. The van der Waals surface area contributed by atoms with Crippen molar-refractivity contribution in [1.29, 1.82) is 0 Å². The Balaban J connectivity index is 1.58. The van der Waals surface area contributed by atoms with Gasteiger partial charge < -0.3 is 10.2 Å². The van der Waals surface area contributed by atoms with Gasteiger partial charge in [0.15, 0.2) is 0 Å². The zero-order valence-corrected chi connectivity index (χ0v) is 16.7. The van der Waals surface area contributed by atoms with Crippen LogP contribution >= 0.6 is 0 Å². The van der Waals surface area contributed by atoms with Gasteiger partial charge in [-0.15, -0.1) is 0 Å². The second-order valence-corrected chi connectivity index (χ2v) is 7.11. The lowest BCUT2D eigenvalue weighted by molar-refractivity contribution is 0.0689. The Morgan fingerprint density at radius 2 is 1.66 bits per heavy atom. The average molecular weight is 392 g/mol. The Labute approximate surface area is 170 Å². The molecule has 150 valence electrons. The number of nitrogens with zero attached hydrogens (tertiary/aromatic N) is 3. The van der Waals surface area contributed by atoms with Crippen LogP contribution in [0.1, 0.15) is 35.3 Å². The molecule has 5 nitrogen and oxygen atoms in total. The lowest BCUT2D eigenvalue weighted by Gasteiger charge is -2.26. The number of benzene rings is 2. The molecule has 0 bridgehead atoms. The smallest absolute Gasteiger partial charge is 0.257 e. The highest BCUT2D eigenvalue weighted by atomic mass is 19.1. The molecule has 3 aromatic rings. The molecule has 29 heavy (non-hydrogen) atoms. The third-order valence-corrected chi connectivity index (χ3v) is 4.59. The number of aromatic nitrogens is 2. The molecule has 0 aliphatic heterocycles. The van der Waals surface area contributed by atoms with E-state index in [1.165, 1.54) is 12.1 Å². The molecule has 0 saturated heterocycles. The summed E-state index contributed by atoms with van der Waals surface area (Å²) < 4.78 is 12.9. The summed E-state index contributed by atoms with van der Waals surface area (Å²) >= 11 is 0. The first-order valence-electron chi connectivity index (χ1n) is 9.68. The van der Waals surface area contributed by atoms with Crippen LogP contribution < -0.4 is 5.32 Å². The summed E-state index contributed by atoms with van der Waals surface area (Å²) in [5, 5.41) is 3.12. The minimum atomic E-state index is -0.243. The second-order valence-electron chi connectivity index (χ2n) is 7.11. The number of carbonyl (C=O) groups is 1. The number of anilines is 1. The van der Waals surface area contributed by atoms with Crippen LogP contribution in [-0.4, -0.2) is 33.4 Å². The van der Waals surface area contributed by atoms with E-state index in [1.54, 1.807) is 29.4 Å². The van der Waals surface area contributed by atoms with Gasteiger partial charge in [0.1, 0.15) is 5.82 Å². The Bertz CT molecular complexity index is 912. The summed E-state index contributed by atoms with van der Waals surface area (Å²) in [6.45, 7) is 5.14. The first kappa shape index (κ1) is 20.5. The van der Waals surface area contributed by atoms with Crippen LogP contribution in [-0.2, 0) is 13.0 Å². The first-order valence-corrected chi connectivity index (χ1v) is 9.68. The Morgan fingerprint density at radius 1 is 1.00 bits per heavy atom. The molecule has 6 heteroatoms. The molecule has 3 rings (SSSR count). The summed E-state index contributed by atoms with van der Waals surface area (Å²) in [5.74, 6) is 0.123. The zero-order valence-electron chi connectivity index (χ0n) is 16.7. The van der Waals surface area contributed by atoms with Crippen LogP contribution in [0.5, 0.6) is 0 Å². The molecule has 0 radical (unpaired) electrons. The molecule has 1 amide bonds. The van der Waals surface area contributed by atoms with Gasteiger partial charge in [0.2, 0.25) is 5.95 Å². The largest absolute Gasteiger partial charge is 0.354 e. The Hall–Kier alpha value is -3.28. The number of carbonyl (C=O) groups excluding carboxylic acids is 1. The fraction of sp³-hybridized carbons (Fsp3) is 0.261. The van der Waals surface area contributed by atoms with E-state index in [2.05, 4.69) is 15.3 Å². The number of rotatable bonds is 8. The van der Waals surface area contributed by atoms with Crippen molar-refractivity contribution in [2.45, 2.75) is 32.9 Å². The predicted molar refractivity (Wildman–Crippen MR) is 112 cm³/mol. The monoisotopic (exact) mass is 392 g/mol. The minimum absolute atomic E-state index is 0.0521. The summed E-state index contributed by atoms with van der Waals surface area (Å²) in [5.41, 5.74) is 2.56. The van der Waals surface area contributed by atoms with Crippen LogP contribution in [0.4, 0.5) is 10.3 Å². The molecule has 1 heterocycles. The van der Waals surface area contributed by atoms with Crippen molar-refractivity contribution in [3.8, 4) is 0 Å². The molecule has 2 aromatic carbocycles. The standard InChI is InChI=1S/C23H25FN4O/c1-17(2)28(16-19-6-4-3-5-7-19)22(29)20-14-26-23(27-15-20)25-13-12-18-8-10-21(24)11-9-18/h3-11,14-15,17H,12-13,16H2,1-2H3,(H,25,26,27). The van der Waals surface area contributed by atoms with Crippen LogP contribution in [0, 0.1) is 5.82 Å². The number of hydrogen-bond acceptors (Lipinski definition) is 4. The van der Waals surface area contributed by atoms with Crippen molar-refractivity contribution in [2.75, 3.05) is 11.9 Å². The van der Waals surface area contributed by atoms with Crippen molar-refractivity contribution >= 4 is 11.9 Å². The summed E-state index contributed by atoms with van der Waals surface area (Å²) in [6, 6.07) is 16.4. The normalized spacial score (nSPS) is 10.8. The number of amides is 1. The third kappa shape index (κ3) is 5.85. The molecule has 0 atom stereocenters. The first-order chi connectivity index (χ1) is 14.0. The predicted octanol–water partition coefficient (Wildman–Crippen LogP) is 4.32. The highest BCUT2D eigenvalue weighted by Crippen LogP contribution is 2.13. The third-order valence-electron chi connectivity index (χ3n) is 4.59. The van der Waals surface area contributed by atoms with E-state index in [-0.39, 0.29) is 17.8 Å². The second kappa shape index (κ2) is 9.78. The molecule has 1 N–H and O–H groups in total. The summed E-state index contributed by atoms with van der Waals surface area (Å²) in [6.07, 6.45) is 3.83. The Kier molecular flexibility index (Phi) is 6.89. The maximum Gasteiger partial charge on any atom is 0.257 e. The van der Waals surface area contributed by atoms with Crippen molar-refractivity contribution in [3.05, 3.63) is 89.5 Å². The molecule has 0 saturated carbocycles. The van der Waals surface area contributed by atoms with Crippen LogP contribution in [0.15, 0.2) is 67.0 Å². The summed E-state index contributed by atoms with van der Waals surface area (Å²) in [7, 11) is 0. The maximum absolute atomic E-state index is 12.9. The molecule has 0 unspecified atom stereocenters. The van der Waals surface area contributed by atoms with E-state index in [4.69, 9.17) is 0 Å². The van der Waals surface area contributed by atoms with Gasteiger partial charge in [0.25, 0.3) is 5.91 Å². The zero-order chi connectivity index (χ0) is 20.6. The van der Waals surface area contributed by atoms with Crippen molar-refractivity contribution in [1.82, 2.24) is 14.9 Å². The number of nitrogens with one attached hydrogen (secondary N) is 1. The van der Waals surface area contributed by atoms with Crippen LogP contribution in [0.3, 0.4) is 0 Å². The van der Waals surface area contributed by atoms with E-state index >= 15 is 0 Å². The van der Waals surface area contributed by atoms with Gasteiger partial charge in [-0.1, -0.05) is 42.5 Å². The van der Waals surface area contributed by atoms with Gasteiger partial charge in [0.05, 0.1) is 5.56 Å². The van der Waals surface area contributed by atoms with Crippen LogP contribution in [0.2, 0.25) is 0 Å². The molecular weight excluding hydrogens is 367 g/mol. The van der Waals surface area contributed by atoms with E-state index < -0.39 is 0 Å². The minimum Gasteiger partial charge on any atom is -0.354 e. The highest BCUT2D eigenvalue weighted by Gasteiger charge is 2.19. The highest BCUT2D eigenvalue weighted by molar-refractivity contribution is 5.93. The topological polar surface area (TPSA) is 58.1 Å². The molecule has 1 aromatic heterocycles. The number of halogens is 1. The molecule has 0 aliphatic rings. The fourth-order valence-electron chi connectivity index (χ4n) is 2.93. The van der Waals surface area contributed by atoms with Gasteiger partial charge >= 0.3 is 0 Å². The van der Waals surface area contributed by atoms with E-state index in [0.29, 0.717) is 24.6 Å². The van der Waals surface area contributed by atoms with Gasteiger partial charge in [-0.2, -0.15) is 0 Å².